The minimum absolute atomic E-state index is 0.0162. The van der Waals surface area contributed by atoms with Crippen molar-refractivity contribution in [2.75, 3.05) is 11.1 Å². The Morgan fingerprint density at radius 2 is 1.86 bits per heavy atom. The summed E-state index contributed by atoms with van der Waals surface area (Å²) in [5.74, 6) is -2.19. The summed E-state index contributed by atoms with van der Waals surface area (Å²) in [6, 6.07) is 12.0. The molecule has 44 heavy (non-hydrogen) atoms. The molecule has 1 aliphatic rings. The topological polar surface area (TPSA) is 218 Å². The Morgan fingerprint density at radius 3 is 2.61 bits per heavy atom. The maximum atomic E-state index is 13.5. The lowest BCUT2D eigenvalue weighted by Crippen LogP contribution is -2.36. The van der Waals surface area contributed by atoms with Crippen LogP contribution in [0.5, 0.6) is 0 Å². The van der Waals surface area contributed by atoms with Gasteiger partial charge in [-0.1, -0.05) is 18.2 Å². The molecule has 2 amide bonds. The lowest BCUT2D eigenvalue weighted by Gasteiger charge is -2.16. The van der Waals surface area contributed by atoms with E-state index in [4.69, 9.17) is 5.73 Å². The Labute approximate surface area is 247 Å². The molecule has 14 nitrogen and oxygen atoms in total. The highest BCUT2D eigenvalue weighted by Gasteiger charge is 2.29. The highest BCUT2D eigenvalue weighted by molar-refractivity contribution is 5.98. The van der Waals surface area contributed by atoms with Crippen LogP contribution >= 0.6 is 0 Å². The van der Waals surface area contributed by atoms with Crippen molar-refractivity contribution in [3.05, 3.63) is 119 Å². The van der Waals surface area contributed by atoms with Crippen molar-refractivity contribution in [3.8, 4) is 0 Å². The van der Waals surface area contributed by atoms with Crippen molar-refractivity contribution in [1.82, 2.24) is 25.2 Å². The number of nitrogens with two attached hydrogens (primary N) is 1. The molecule has 0 fully saturated rings. The molecule has 7 N–H and O–H groups in total. The van der Waals surface area contributed by atoms with Crippen LogP contribution < -0.4 is 38.1 Å². The third kappa shape index (κ3) is 4.87. The molecule has 2 heterocycles. The first-order valence-corrected chi connectivity index (χ1v) is 13.5. The minimum atomic E-state index is -1.02. The molecule has 0 aliphatic heterocycles. The Hall–Kier alpha value is -6.05. The molecule has 14 heteroatoms. The van der Waals surface area contributed by atoms with E-state index in [2.05, 4.69) is 26.0 Å². The number of aromatic carboxylic acids is 1. The number of nitrogens with zero attached hydrogens (tertiary/aromatic N) is 2. The monoisotopic (exact) mass is 595 g/mol. The number of anilines is 3. The first kappa shape index (κ1) is 28.1. The normalized spacial score (nSPS) is 14.0. The quantitative estimate of drug-likeness (QED) is 0.141. The van der Waals surface area contributed by atoms with Crippen molar-refractivity contribution in [2.24, 2.45) is 0 Å². The fraction of sp³-hybridized carbons (Fsp3) is 0.167. The third-order valence-corrected chi connectivity index (χ3v) is 7.75. The number of fused-ring (bicyclic) bond motifs is 2. The fourth-order valence-electron chi connectivity index (χ4n) is 5.48. The van der Waals surface area contributed by atoms with Gasteiger partial charge in [-0.15, -0.1) is 0 Å². The van der Waals surface area contributed by atoms with E-state index in [1.165, 1.54) is 16.6 Å². The van der Waals surface area contributed by atoms with Crippen LogP contribution in [0.15, 0.2) is 62.9 Å². The molecule has 3 aromatic carbocycles. The number of benzene rings is 2. The zero-order chi connectivity index (χ0) is 31.3. The number of carboxylic acid groups (broad SMARTS) is 1. The molecule has 2 aromatic heterocycles. The summed E-state index contributed by atoms with van der Waals surface area (Å²) in [7, 11) is 0. The molecule has 0 saturated carbocycles. The number of nitrogens with one attached hydrogen (secondary N) is 4. The Morgan fingerprint density at radius 1 is 1.07 bits per heavy atom. The molecule has 222 valence electrons. The fourth-order valence-corrected chi connectivity index (χ4v) is 5.48. The van der Waals surface area contributed by atoms with Gasteiger partial charge in [0.15, 0.2) is 5.65 Å². The minimum Gasteiger partial charge on any atom is -0.478 e. The summed E-state index contributed by atoms with van der Waals surface area (Å²) in [6.07, 6.45) is 1.14. The molecular formula is C30H25N7O7. The number of hydrogen-bond donors (Lipinski definition) is 6. The zero-order valence-corrected chi connectivity index (χ0v) is 23.2. The molecular weight excluding hydrogens is 570 g/mol. The van der Waals surface area contributed by atoms with Crippen LogP contribution in [0.2, 0.25) is 0 Å². The lowest BCUT2D eigenvalue weighted by molar-refractivity contribution is 0.0695. The number of carboxylic acids is 1. The number of amides is 2. The molecule has 6 rings (SSSR count). The third-order valence-electron chi connectivity index (χ3n) is 7.75. The van der Waals surface area contributed by atoms with Crippen LogP contribution in [0, 0.1) is 6.92 Å². The number of aromatic nitrogens is 3. The van der Waals surface area contributed by atoms with Crippen LogP contribution in [-0.2, 0) is 13.0 Å². The van der Waals surface area contributed by atoms with E-state index in [0.717, 1.165) is 17.2 Å². The lowest BCUT2D eigenvalue weighted by atomic mass is 9.98. The predicted molar refractivity (Wildman–Crippen MR) is 159 cm³/mol. The van der Waals surface area contributed by atoms with Crippen molar-refractivity contribution in [2.45, 2.75) is 32.4 Å². The average Bonchev–Trinajstić information content (AvgIpc) is 3.60. The van der Waals surface area contributed by atoms with Crippen LogP contribution in [-0.4, -0.2) is 37.5 Å². The van der Waals surface area contributed by atoms with E-state index < -0.39 is 40.2 Å². The largest absolute Gasteiger partial charge is 0.478 e. The predicted octanol–water partition coefficient (Wildman–Crippen LogP) is 1.30. The number of aromatic amines is 1. The Kier molecular flexibility index (Phi) is 6.80. The van der Waals surface area contributed by atoms with Gasteiger partial charge >= 0.3 is 5.97 Å². The Bertz CT molecular complexity index is 2150. The number of carbonyl (C=O) groups excluding carboxylic acids is 2. The maximum absolute atomic E-state index is 13.5. The van der Waals surface area contributed by atoms with E-state index in [0.29, 0.717) is 29.7 Å². The second-order valence-electron chi connectivity index (χ2n) is 10.5. The van der Waals surface area contributed by atoms with Gasteiger partial charge in [-0.2, -0.15) is 0 Å². The highest BCUT2D eigenvalue weighted by Crippen LogP contribution is 2.35. The van der Waals surface area contributed by atoms with Gasteiger partial charge < -0.3 is 26.8 Å². The molecule has 0 radical (unpaired) electrons. The highest BCUT2D eigenvalue weighted by atomic mass is 16.4. The van der Waals surface area contributed by atoms with E-state index in [1.807, 2.05) is 0 Å². The number of nitrogen functional groups attached to an aromatic ring is 1. The van der Waals surface area contributed by atoms with Crippen molar-refractivity contribution in [1.29, 1.82) is 0 Å². The van der Waals surface area contributed by atoms with E-state index in [9.17, 15) is 33.9 Å². The van der Waals surface area contributed by atoms with Gasteiger partial charge in [-0.25, -0.2) is 14.3 Å². The van der Waals surface area contributed by atoms with Gasteiger partial charge in [-0.05, 0) is 60.2 Å². The van der Waals surface area contributed by atoms with Gasteiger partial charge in [0.05, 0.1) is 11.6 Å². The summed E-state index contributed by atoms with van der Waals surface area (Å²) in [5, 5.41) is 20.4. The van der Waals surface area contributed by atoms with Gasteiger partial charge in [0.2, 0.25) is 0 Å². The van der Waals surface area contributed by atoms with Gasteiger partial charge in [-0.3, -0.25) is 29.1 Å². The molecule has 0 saturated heterocycles. The van der Waals surface area contributed by atoms with Crippen LogP contribution in [0.3, 0.4) is 0 Å². The second kappa shape index (κ2) is 10.7. The molecule has 1 atom stereocenters. The summed E-state index contributed by atoms with van der Waals surface area (Å²) in [5.41, 5.74) is 7.13. The molecule has 1 aliphatic carbocycles. The smallest absolute Gasteiger partial charge is 0.335 e. The van der Waals surface area contributed by atoms with Crippen LogP contribution in [0.25, 0.3) is 5.65 Å². The average molecular weight is 596 g/mol. The van der Waals surface area contributed by atoms with E-state index in [-0.39, 0.29) is 40.5 Å². The maximum Gasteiger partial charge on any atom is 0.335 e. The number of hydrogen-bond acceptors (Lipinski definition) is 9. The van der Waals surface area contributed by atoms with Crippen LogP contribution in [0.1, 0.15) is 66.1 Å². The van der Waals surface area contributed by atoms with Crippen molar-refractivity contribution < 1.29 is 19.5 Å². The van der Waals surface area contributed by atoms with Gasteiger partial charge in [0.1, 0.15) is 22.8 Å². The van der Waals surface area contributed by atoms with Crippen LogP contribution in [0.4, 0.5) is 17.1 Å². The SMILES string of the molecule is Cc1c(C(=O)O)ccc2c1CC[C@@H]2NC(=O)c1cc(C(=O)NCc2cccc(Nc3c(N)c(=O)c3=O)c2)nc2cc(=O)[nH]n12. The number of rotatable bonds is 8. The van der Waals surface area contributed by atoms with Gasteiger partial charge in [0.25, 0.3) is 28.2 Å². The first-order chi connectivity index (χ1) is 21.0. The molecule has 0 spiro atoms. The summed E-state index contributed by atoms with van der Waals surface area (Å²) in [4.78, 5) is 77.6. The summed E-state index contributed by atoms with van der Waals surface area (Å²) in [6.45, 7) is 1.80. The standard InChI is InChI=1S/C30H25N7O7/c1-13-16-7-8-19(18(16)6-5-17(13)30(43)44)35-29(42)21-10-20(34-22-11-23(38)36-37(21)22)28(41)32-12-14-3-2-4-15(9-14)33-25-24(31)26(39)27(25)40/h2-6,9-11,19,33H,7-8,12,31H2,1H3,(H,32,41)(H,35,42)(H,36,38)(H,43,44)/t19-/m0/s1. The van der Waals surface area contributed by atoms with Crippen molar-refractivity contribution in [3.63, 3.8) is 0 Å². The Balaban J connectivity index is 1.21. The summed E-state index contributed by atoms with van der Waals surface area (Å²) >= 11 is 0. The number of H-pyrrole nitrogens is 1. The van der Waals surface area contributed by atoms with Crippen molar-refractivity contribution >= 4 is 40.5 Å². The zero-order valence-electron chi connectivity index (χ0n) is 23.2. The molecule has 5 aromatic rings. The van der Waals surface area contributed by atoms with E-state index >= 15 is 0 Å². The van der Waals surface area contributed by atoms with Gasteiger partial charge in [0, 0.05) is 24.4 Å². The molecule has 0 unspecified atom stereocenters. The van der Waals surface area contributed by atoms with E-state index in [1.54, 1.807) is 37.3 Å². The first-order valence-electron chi connectivity index (χ1n) is 13.5. The summed E-state index contributed by atoms with van der Waals surface area (Å²) < 4.78 is 1.20. The number of carbonyl (C=O) groups is 3. The molecule has 0 bridgehead atoms. The second-order valence-corrected chi connectivity index (χ2v) is 10.5.